The van der Waals surface area contributed by atoms with Crippen LogP contribution >= 0.6 is 0 Å². The number of hydrogen-bond acceptors (Lipinski definition) is 5. The molecule has 6 nitrogen and oxygen atoms in total. The Balaban J connectivity index is 1.72. The van der Waals surface area contributed by atoms with E-state index in [1.807, 2.05) is 29.2 Å². The number of aromatic nitrogens is 1. The van der Waals surface area contributed by atoms with E-state index < -0.39 is 0 Å². The minimum Gasteiger partial charge on any atom is -0.497 e. The number of carbonyl (C=O) groups excluding carboxylic acids is 1. The summed E-state index contributed by atoms with van der Waals surface area (Å²) in [6.07, 6.45) is 6.21. The zero-order chi connectivity index (χ0) is 18.4. The number of nitrogens with one attached hydrogen (secondary N) is 1. The largest absolute Gasteiger partial charge is 0.497 e. The van der Waals surface area contributed by atoms with Crippen molar-refractivity contribution in [3.05, 3.63) is 42.2 Å². The molecule has 3 rings (SSSR count). The van der Waals surface area contributed by atoms with Crippen molar-refractivity contribution in [1.29, 1.82) is 0 Å². The highest BCUT2D eigenvalue weighted by atomic mass is 16.5. The van der Waals surface area contributed by atoms with Gasteiger partial charge in [0.15, 0.2) is 0 Å². The van der Waals surface area contributed by atoms with Crippen LogP contribution in [0.15, 0.2) is 36.5 Å². The van der Waals surface area contributed by atoms with Crippen molar-refractivity contribution < 1.29 is 14.3 Å². The lowest BCUT2D eigenvalue weighted by Gasteiger charge is -2.19. The molecule has 0 unspecified atom stereocenters. The molecule has 2 aromatic rings. The van der Waals surface area contributed by atoms with Crippen LogP contribution in [0.4, 0.5) is 11.4 Å². The Morgan fingerprint density at radius 2 is 1.81 bits per heavy atom. The van der Waals surface area contributed by atoms with Crippen LogP contribution in [0.25, 0.3) is 0 Å². The lowest BCUT2D eigenvalue weighted by atomic mass is 10.2. The van der Waals surface area contributed by atoms with Gasteiger partial charge in [0.05, 0.1) is 31.8 Å². The predicted octanol–water partition coefficient (Wildman–Crippen LogP) is 3.86. The van der Waals surface area contributed by atoms with Crippen molar-refractivity contribution in [2.24, 2.45) is 0 Å². The first kappa shape index (κ1) is 18.0. The molecular weight excluding hydrogens is 330 g/mol. The minimum absolute atomic E-state index is 0.0115. The van der Waals surface area contributed by atoms with E-state index in [1.165, 1.54) is 12.8 Å². The second-order valence-electron chi connectivity index (χ2n) is 6.33. The quantitative estimate of drug-likeness (QED) is 0.882. The average Bonchev–Trinajstić information content (AvgIpc) is 2.97. The van der Waals surface area contributed by atoms with Gasteiger partial charge in [-0.1, -0.05) is 12.8 Å². The van der Waals surface area contributed by atoms with Crippen molar-refractivity contribution in [3.8, 4) is 11.5 Å². The predicted molar refractivity (Wildman–Crippen MR) is 101 cm³/mol. The highest BCUT2D eigenvalue weighted by Crippen LogP contribution is 2.31. The topological polar surface area (TPSA) is 63.7 Å². The fraction of sp³-hybridized carbons (Fsp3) is 0.400. The van der Waals surface area contributed by atoms with E-state index in [2.05, 4.69) is 10.3 Å². The number of anilines is 2. The zero-order valence-electron chi connectivity index (χ0n) is 15.3. The van der Waals surface area contributed by atoms with Crippen LogP contribution in [0, 0.1) is 0 Å². The number of carbonyl (C=O) groups is 1. The van der Waals surface area contributed by atoms with Gasteiger partial charge in [0.2, 0.25) is 0 Å². The fourth-order valence-corrected chi connectivity index (χ4v) is 3.10. The van der Waals surface area contributed by atoms with E-state index in [1.54, 1.807) is 26.5 Å². The second kappa shape index (κ2) is 8.56. The van der Waals surface area contributed by atoms with Gasteiger partial charge in [-0.05, 0) is 37.1 Å². The number of likely N-dealkylation sites (tertiary alicyclic amines) is 1. The number of nitrogens with zero attached hydrogens (tertiary/aromatic N) is 2. The number of pyridine rings is 1. The molecular formula is C20H25N3O3. The summed E-state index contributed by atoms with van der Waals surface area (Å²) in [6.45, 7) is 1.64. The number of rotatable bonds is 5. The maximum atomic E-state index is 12.6. The molecule has 0 bridgehead atoms. The summed E-state index contributed by atoms with van der Waals surface area (Å²) in [7, 11) is 3.24. The molecule has 1 aliphatic heterocycles. The van der Waals surface area contributed by atoms with Gasteiger partial charge in [-0.15, -0.1) is 0 Å². The van der Waals surface area contributed by atoms with E-state index in [-0.39, 0.29) is 5.91 Å². The molecule has 0 radical (unpaired) electrons. The summed E-state index contributed by atoms with van der Waals surface area (Å²) < 4.78 is 10.6. The molecule has 2 heterocycles. The number of methoxy groups -OCH3 is 2. The van der Waals surface area contributed by atoms with Crippen LogP contribution in [-0.2, 0) is 0 Å². The lowest BCUT2D eigenvalue weighted by molar-refractivity contribution is 0.0756. The summed E-state index contributed by atoms with van der Waals surface area (Å²) in [5.74, 6) is 1.45. The third-order valence-corrected chi connectivity index (χ3v) is 4.56. The van der Waals surface area contributed by atoms with Crippen molar-refractivity contribution in [2.75, 3.05) is 32.6 Å². The van der Waals surface area contributed by atoms with Crippen molar-refractivity contribution in [1.82, 2.24) is 9.88 Å². The van der Waals surface area contributed by atoms with E-state index in [0.717, 1.165) is 43.1 Å². The van der Waals surface area contributed by atoms with Crippen LogP contribution in [-0.4, -0.2) is 43.1 Å². The Kier molecular flexibility index (Phi) is 5.94. The normalized spacial score (nSPS) is 14.5. The molecule has 0 saturated carbocycles. The molecule has 1 aliphatic rings. The first-order valence-electron chi connectivity index (χ1n) is 8.95. The van der Waals surface area contributed by atoms with Gasteiger partial charge in [0, 0.05) is 19.2 Å². The van der Waals surface area contributed by atoms with E-state index in [4.69, 9.17) is 9.47 Å². The molecule has 1 fully saturated rings. The summed E-state index contributed by atoms with van der Waals surface area (Å²) in [5.41, 5.74) is 2.04. The molecule has 1 aromatic carbocycles. The SMILES string of the molecule is COc1ccc(OC)c(Nc2ccc(C(=O)N3CCCCCC3)nc2)c1. The summed E-state index contributed by atoms with van der Waals surface area (Å²) >= 11 is 0. The molecule has 6 heteroatoms. The van der Waals surface area contributed by atoms with Gasteiger partial charge in [0.1, 0.15) is 17.2 Å². The van der Waals surface area contributed by atoms with E-state index in [9.17, 15) is 4.79 Å². The van der Waals surface area contributed by atoms with Gasteiger partial charge in [0.25, 0.3) is 5.91 Å². The van der Waals surface area contributed by atoms with Crippen LogP contribution in [0.1, 0.15) is 36.2 Å². The van der Waals surface area contributed by atoms with Gasteiger partial charge in [-0.25, -0.2) is 4.98 Å². The van der Waals surface area contributed by atoms with Crippen LogP contribution in [0.3, 0.4) is 0 Å². The molecule has 1 aromatic heterocycles. The molecule has 0 spiro atoms. The van der Waals surface area contributed by atoms with Gasteiger partial charge >= 0.3 is 0 Å². The number of ether oxygens (including phenoxy) is 2. The monoisotopic (exact) mass is 355 g/mol. The Labute approximate surface area is 154 Å². The molecule has 0 aliphatic carbocycles. The highest BCUT2D eigenvalue weighted by Gasteiger charge is 2.18. The van der Waals surface area contributed by atoms with Crippen LogP contribution < -0.4 is 14.8 Å². The summed E-state index contributed by atoms with van der Waals surface area (Å²) in [5, 5.41) is 3.26. The third kappa shape index (κ3) is 4.25. The Morgan fingerprint density at radius 3 is 2.42 bits per heavy atom. The maximum absolute atomic E-state index is 12.6. The fourth-order valence-electron chi connectivity index (χ4n) is 3.10. The van der Waals surface area contributed by atoms with Crippen LogP contribution in [0.2, 0.25) is 0 Å². The molecule has 26 heavy (non-hydrogen) atoms. The average molecular weight is 355 g/mol. The van der Waals surface area contributed by atoms with Gasteiger partial charge in [-0.2, -0.15) is 0 Å². The number of hydrogen-bond donors (Lipinski definition) is 1. The lowest BCUT2D eigenvalue weighted by Crippen LogP contribution is -2.32. The summed E-state index contributed by atoms with van der Waals surface area (Å²) in [4.78, 5) is 18.9. The third-order valence-electron chi connectivity index (χ3n) is 4.56. The van der Waals surface area contributed by atoms with Crippen molar-refractivity contribution in [2.45, 2.75) is 25.7 Å². The highest BCUT2D eigenvalue weighted by molar-refractivity contribution is 5.92. The smallest absolute Gasteiger partial charge is 0.272 e. The standard InChI is InChI=1S/C20H25N3O3/c1-25-16-8-10-19(26-2)18(13-16)22-15-7-9-17(21-14-15)20(24)23-11-5-3-4-6-12-23/h7-10,13-14,22H,3-6,11-12H2,1-2H3. The van der Waals surface area contributed by atoms with Crippen molar-refractivity contribution in [3.63, 3.8) is 0 Å². The molecule has 0 atom stereocenters. The van der Waals surface area contributed by atoms with Gasteiger partial charge < -0.3 is 19.7 Å². The Bertz CT molecular complexity index is 738. The minimum atomic E-state index is 0.0115. The Hall–Kier alpha value is -2.76. The van der Waals surface area contributed by atoms with Crippen LogP contribution in [0.5, 0.6) is 11.5 Å². The molecule has 138 valence electrons. The van der Waals surface area contributed by atoms with E-state index in [0.29, 0.717) is 11.4 Å². The molecule has 1 saturated heterocycles. The second-order valence-corrected chi connectivity index (χ2v) is 6.33. The summed E-state index contributed by atoms with van der Waals surface area (Å²) in [6, 6.07) is 9.16. The number of benzene rings is 1. The van der Waals surface area contributed by atoms with E-state index >= 15 is 0 Å². The molecule has 1 N–H and O–H groups in total. The number of amides is 1. The zero-order valence-corrected chi connectivity index (χ0v) is 15.3. The molecule has 1 amide bonds. The Morgan fingerprint density at radius 1 is 1.04 bits per heavy atom. The first-order valence-corrected chi connectivity index (χ1v) is 8.95. The maximum Gasteiger partial charge on any atom is 0.272 e. The van der Waals surface area contributed by atoms with Gasteiger partial charge in [-0.3, -0.25) is 4.79 Å². The first-order chi connectivity index (χ1) is 12.7. The van der Waals surface area contributed by atoms with Crippen molar-refractivity contribution >= 4 is 17.3 Å².